The Bertz CT molecular complexity index is 495. The Morgan fingerprint density at radius 2 is 2.28 bits per heavy atom. The zero-order valence-corrected chi connectivity index (χ0v) is 11.5. The normalized spacial score (nSPS) is 18.9. The van der Waals surface area contributed by atoms with Crippen LogP contribution in [0, 0.1) is 5.41 Å². The highest BCUT2D eigenvalue weighted by Gasteiger charge is 2.27. The standard InChI is InChI=1S/C14H19N3S/c1-14(3-5-15-6-4-14)10-17-11-16-8-13(17)12-2-7-18-9-12/h2,7-9,11,15H,3-6,10H2,1H3. The lowest BCUT2D eigenvalue weighted by atomic mass is 9.81. The molecule has 2 aromatic rings. The second-order valence-corrected chi connectivity index (χ2v) is 6.26. The second-order valence-electron chi connectivity index (χ2n) is 5.48. The lowest BCUT2D eigenvalue weighted by molar-refractivity contribution is 0.196. The van der Waals surface area contributed by atoms with Crippen molar-refractivity contribution >= 4 is 11.3 Å². The molecular weight excluding hydrogens is 242 g/mol. The summed E-state index contributed by atoms with van der Waals surface area (Å²) in [4.78, 5) is 4.33. The van der Waals surface area contributed by atoms with Gasteiger partial charge >= 0.3 is 0 Å². The molecule has 1 saturated heterocycles. The van der Waals surface area contributed by atoms with Gasteiger partial charge in [-0.05, 0) is 42.8 Å². The third-order valence-corrected chi connectivity index (χ3v) is 4.58. The summed E-state index contributed by atoms with van der Waals surface area (Å²) in [7, 11) is 0. The molecule has 1 aliphatic rings. The van der Waals surface area contributed by atoms with Crippen molar-refractivity contribution in [2.45, 2.75) is 26.3 Å². The van der Waals surface area contributed by atoms with Crippen molar-refractivity contribution in [3.63, 3.8) is 0 Å². The van der Waals surface area contributed by atoms with E-state index in [-0.39, 0.29) is 0 Å². The number of nitrogens with one attached hydrogen (secondary N) is 1. The van der Waals surface area contributed by atoms with Crippen molar-refractivity contribution < 1.29 is 0 Å². The molecule has 0 aromatic carbocycles. The van der Waals surface area contributed by atoms with Crippen LogP contribution in [0.5, 0.6) is 0 Å². The minimum Gasteiger partial charge on any atom is -0.330 e. The minimum absolute atomic E-state index is 0.400. The third kappa shape index (κ3) is 2.35. The molecule has 2 aromatic heterocycles. The number of rotatable bonds is 3. The van der Waals surface area contributed by atoms with Gasteiger partial charge in [-0.2, -0.15) is 11.3 Å². The summed E-state index contributed by atoms with van der Waals surface area (Å²) in [6, 6.07) is 2.17. The largest absolute Gasteiger partial charge is 0.330 e. The van der Waals surface area contributed by atoms with Crippen LogP contribution in [-0.4, -0.2) is 22.6 Å². The maximum Gasteiger partial charge on any atom is 0.0951 e. The van der Waals surface area contributed by atoms with Crippen LogP contribution in [0.15, 0.2) is 29.4 Å². The van der Waals surface area contributed by atoms with Gasteiger partial charge in [0.05, 0.1) is 18.2 Å². The molecule has 0 radical (unpaired) electrons. The Morgan fingerprint density at radius 1 is 1.44 bits per heavy atom. The molecule has 4 heteroatoms. The fourth-order valence-corrected chi connectivity index (χ4v) is 3.35. The number of piperidine rings is 1. The van der Waals surface area contributed by atoms with Gasteiger partial charge in [0.15, 0.2) is 0 Å². The van der Waals surface area contributed by atoms with Crippen LogP contribution < -0.4 is 5.32 Å². The van der Waals surface area contributed by atoms with Crippen molar-refractivity contribution in [2.24, 2.45) is 5.41 Å². The first-order valence-electron chi connectivity index (χ1n) is 6.50. The first-order chi connectivity index (χ1) is 8.77. The first-order valence-corrected chi connectivity index (χ1v) is 7.45. The van der Waals surface area contributed by atoms with Gasteiger partial charge in [-0.25, -0.2) is 4.98 Å². The van der Waals surface area contributed by atoms with Gasteiger partial charge in [-0.15, -0.1) is 0 Å². The number of hydrogen-bond donors (Lipinski definition) is 1. The van der Waals surface area contributed by atoms with Gasteiger partial charge in [0.2, 0.25) is 0 Å². The molecular formula is C14H19N3S. The first kappa shape index (κ1) is 11.9. The van der Waals surface area contributed by atoms with Gasteiger partial charge in [-0.1, -0.05) is 6.92 Å². The van der Waals surface area contributed by atoms with Gasteiger partial charge in [0.1, 0.15) is 0 Å². The van der Waals surface area contributed by atoms with Crippen molar-refractivity contribution in [3.8, 4) is 11.3 Å². The van der Waals surface area contributed by atoms with Crippen LogP contribution in [-0.2, 0) is 6.54 Å². The maximum absolute atomic E-state index is 4.33. The summed E-state index contributed by atoms with van der Waals surface area (Å²) in [5.41, 5.74) is 2.93. The zero-order valence-electron chi connectivity index (χ0n) is 10.7. The summed E-state index contributed by atoms with van der Waals surface area (Å²) in [6.07, 6.45) is 6.44. The van der Waals surface area contributed by atoms with Gasteiger partial charge in [0, 0.05) is 17.5 Å². The number of aromatic nitrogens is 2. The summed E-state index contributed by atoms with van der Waals surface area (Å²) >= 11 is 1.74. The van der Waals surface area contributed by atoms with Crippen LogP contribution in [0.4, 0.5) is 0 Å². The molecule has 3 rings (SSSR count). The minimum atomic E-state index is 0.400. The number of imidazole rings is 1. The van der Waals surface area contributed by atoms with E-state index < -0.39 is 0 Å². The Kier molecular flexibility index (Phi) is 3.22. The molecule has 0 saturated carbocycles. The van der Waals surface area contributed by atoms with E-state index in [4.69, 9.17) is 0 Å². The van der Waals surface area contributed by atoms with Crippen molar-refractivity contribution in [1.82, 2.24) is 14.9 Å². The monoisotopic (exact) mass is 261 g/mol. The van der Waals surface area contributed by atoms with Crippen LogP contribution >= 0.6 is 11.3 Å². The van der Waals surface area contributed by atoms with E-state index in [9.17, 15) is 0 Å². The van der Waals surface area contributed by atoms with Crippen molar-refractivity contribution in [2.75, 3.05) is 13.1 Å². The van der Waals surface area contributed by atoms with E-state index in [0.29, 0.717) is 5.41 Å². The molecule has 0 bridgehead atoms. The molecule has 3 heterocycles. The molecule has 0 amide bonds. The lowest BCUT2D eigenvalue weighted by Gasteiger charge is -2.34. The Hall–Kier alpha value is -1.13. The molecule has 18 heavy (non-hydrogen) atoms. The van der Waals surface area contributed by atoms with E-state index in [2.05, 4.69) is 38.6 Å². The molecule has 0 unspecified atom stereocenters. The van der Waals surface area contributed by atoms with Crippen molar-refractivity contribution in [1.29, 1.82) is 0 Å². The highest BCUT2D eigenvalue weighted by Crippen LogP contribution is 2.32. The molecule has 1 fully saturated rings. The average Bonchev–Trinajstić information content (AvgIpc) is 2.99. The van der Waals surface area contributed by atoms with E-state index in [1.807, 2.05) is 12.5 Å². The lowest BCUT2D eigenvalue weighted by Crippen LogP contribution is -2.37. The zero-order chi connectivity index (χ0) is 12.4. The maximum atomic E-state index is 4.33. The number of thiophene rings is 1. The molecule has 0 spiro atoms. The average molecular weight is 261 g/mol. The molecule has 0 aliphatic carbocycles. The fraction of sp³-hybridized carbons (Fsp3) is 0.500. The number of nitrogens with zero attached hydrogens (tertiary/aromatic N) is 2. The summed E-state index contributed by atoms with van der Waals surface area (Å²) < 4.78 is 2.31. The second kappa shape index (κ2) is 4.86. The Morgan fingerprint density at radius 3 is 3.00 bits per heavy atom. The predicted octanol–water partition coefficient (Wildman–Crippen LogP) is 3.00. The van der Waals surface area contributed by atoms with Crippen LogP contribution in [0.1, 0.15) is 19.8 Å². The Balaban J connectivity index is 1.83. The third-order valence-electron chi connectivity index (χ3n) is 3.89. The van der Waals surface area contributed by atoms with E-state index >= 15 is 0 Å². The number of hydrogen-bond acceptors (Lipinski definition) is 3. The Labute approximate surface area is 112 Å². The van der Waals surface area contributed by atoms with Gasteiger partial charge in [0.25, 0.3) is 0 Å². The molecule has 96 valence electrons. The summed E-state index contributed by atoms with van der Waals surface area (Å²) in [6.45, 7) is 5.74. The van der Waals surface area contributed by atoms with Crippen LogP contribution in [0.3, 0.4) is 0 Å². The predicted molar refractivity (Wildman–Crippen MR) is 75.8 cm³/mol. The topological polar surface area (TPSA) is 29.9 Å². The van der Waals surface area contributed by atoms with Gasteiger partial charge < -0.3 is 9.88 Å². The van der Waals surface area contributed by atoms with Crippen molar-refractivity contribution in [3.05, 3.63) is 29.4 Å². The SMILES string of the molecule is CC1(Cn2cncc2-c2ccsc2)CCNCC1. The van der Waals surface area contributed by atoms with E-state index in [0.717, 1.165) is 19.6 Å². The van der Waals surface area contributed by atoms with Crippen LogP contribution in [0.25, 0.3) is 11.3 Å². The highest BCUT2D eigenvalue weighted by atomic mass is 32.1. The van der Waals surface area contributed by atoms with E-state index in [1.165, 1.54) is 24.1 Å². The fourth-order valence-electron chi connectivity index (χ4n) is 2.70. The molecule has 1 N–H and O–H groups in total. The summed E-state index contributed by atoms with van der Waals surface area (Å²) in [5.74, 6) is 0. The van der Waals surface area contributed by atoms with Gasteiger partial charge in [-0.3, -0.25) is 0 Å². The molecule has 3 nitrogen and oxygen atoms in total. The molecule has 0 atom stereocenters. The molecule has 1 aliphatic heterocycles. The van der Waals surface area contributed by atoms with E-state index in [1.54, 1.807) is 11.3 Å². The summed E-state index contributed by atoms with van der Waals surface area (Å²) in [5, 5.41) is 7.76. The highest BCUT2D eigenvalue weighted by molar-refractivity contribution is 7.08. The quantitative estimate of drug-likeness (QED) is 0.920. The van der Waals surface area contributed by atoms with Crippen LogP contribution in [0.2, 0.25) is 0 Å². The smallest absolute Gasteiger partial charge is 0.0951 e.